The topological polar surface area (TPSA) is 20.2 Å². The summed E-state index contributed by atoms with van der Waals surface area (Å²) in [7, 11) is 0. The number of hydrogen-bond acceptors (Lipinski definition) is 1. The first-order chi connectivity index (χ1) is 7.43. The Balaban J connectivity index is 2.14. The molecule has 0 radical (unpaired) electrons. The lowest BCUT2D eigenvalue weighted by Crippen LogP contribution is -2.32. The van der Waals surface area contributed by atoms with E-state index in [1.54, 1.807) is 0 Å². The number of allylic oxidation sites excluding steroid dienone is 3. The van der Waals surface area contributed by atoms with Gasteiger partial charge in [0.25, 0.3) is 0 Å². The molecule has 1 nitrogen and oxygen atoms in total. The Morgan fingerprint density at radius 2 is 2.00 bits per heavy atom. The van der Waals surface area contributed by atoms with Gasteiger partial charge in [-0.2, -0.15) is 0 Å². The number of aliphatic hydroxyl groups is 1. The fraction of sp³-hybridized carbons (Fsp3) is 0.733. The second-order valence-corrected chi connectivity index (χ2v) is 6.20. The first-order valence-corrected chi connectivity index (χ1v) is 6.46. The van der Waals surface area contributed by atoms with E-state index in [1.165, 1.54) is 12.0 Å². The molecule has 0 aromatic rings. The largest absolute Gasteiger partial charge is 0.389 e. The van der Waals surface area contributed by atoms with Crippen LogP contribution in [0.15, 0.2) is 23.8 Å². The Labute approximate surface area is 99.3 Å². The van der Waals surface area contributed by atoms with Gasteiger partial charge in [0.05, 0.1) is 6.10 Å². The van der Waals surface area contributed by atoms with E-state index in [2.05, 4.69) is 39.8 Å². The van der Waals surface area contributed by atoms with E-state index in [0.29, 0.717) is 17.3 Å². The fourth-order valence-corrected chi connectivity index (χ4v) is 3.26. The first kappa shape index (κ1) is 11.9. The number of hydrogen-bond donors (Lipinski definition) is 1. The Hall–Kier alpha value is -0.560. The van der Waals surface area contributed by atoms with E-state index >= 15 is 0 Å². The maximum absolute atomic E-state index is 9.72. The van der Waals surface area contributed by atoms with E-state index in [1.807, 2.05) is 6.08 Å². The standard InChI is InChI=1S/C15H24O/c1-10-9-12(6-8-14(10)16)13-7-5-11(2)15(13,3)4/h5-6,8,10,12-14,16H,7,9H2,1-4H3/t10-,12-,13+,14-/m1/s1. The van der Waals surface area contributed by atoms with Crippen LogP contribution in [0.25, 0.3) is 0 Å². The molecule has 2 aliphatic carbocycles. The van der Waals surface area contributed by atoms with Gasteiger partial charge in [0.1, 0.15) is 0 Å². The van der Waals surface area contributed by atoms with E-state index in [-0.39, 0.29) is 6.10 Å². The molecule has 2 rings (SSSR count). The minimum Gasteiger partial charge on any atom is -0.389 e. The third-order valence-corrected chi connectivity index (χ3v) is 4.92. The summed E-state index contributed by atoms with van der Waals surface area (Å²) in [6.45, 7) is 9.13. The van der Waals surface area contributed by atoms with Crippen LogP contribution >= 0.6 is 0 Å². The fourth-order valence-electron chi connectivity index (χ4n) is 3.26. The molecule has 90 valence electrons. The molecule has 0 unspecified atom stereocenters. The van der Waals surface area contributed by atoms with Crippen molar-refractivity contribution in [3.8, 4) is 0 Å². The molecule has 0 heterocycles. The molecule has 0 spiro atoms. The van der Waals surface area contributed by atoms with Crippen molar-refractivity contribution >= 4 is 0 Å². The third-order valence-electron chi connectivity index (χ3n) is 4.92. The van der Waals surface area contributed by atoms with E-state index < -0.39 is 0 Å². The van der Waals surface area contributed by atoms with Gasteiger partial charge < -0.3 is 5.11 Å². The molecule has 0 aromatic heterocycles. The van der Waals surface area contributed by atoms with Gasteiger partial charge in [0.15, 0.2) is 0 Å². The Morgan fingerprint density at radius 1 is 1.31 bits per heavy atom. The maximum Gasteiger partial charge on any atom is 0.0746 e. The maximum atomic E-state index is 9.72. The summed E-state index contributed by atoms with van der Waals surface area (Å²) in [5.41, 5.74) is 1.86. The summed E-state index contributed by atoms with van der Waals surface area (Å²) in [5.74, 6) is 1.77. The molecule has 0 aromatic carbocycles. The minimum atomic E-state index is -0.227. The van der Waals surface area contributed by atoms with Gasteiger partial charge in [0, 0.05) is 0 Å². The summed E-state index contributed by atoms with van der Waals surface area (Å²) in [6, 6.07) is 0. The highest BCUT2D eigenvalue weighted by atomic mass is 16.3. The molecule has 1 heteroatoms. The minimum absolute atomic E-state index is 0.227. The van der Waals surface area contributed by atoms with Crippen molar-refractivity contribution < 1.29 is 5.11 Å². The average Bonchev–Trinajstić information content (AvgIpc) is 2.47. The van der Waals surface area contributed by atoms with Gasteiger partial charge in [-0.15, -0.1) is 0 Å². The smallest absolute Gasteiger partial charge is 0.0746 e. The van der Waals surface area contributed by atoms with Gasteiger partial charge in [-0.05, 0) is 42.9 Å². The molecule has 0 fully saturated rings. The molecule has 4 atom stereocenters. The van der Waals surface area contributed by atoms with Crippen LogP contribution in [0, 0.1) is 23.2 Å². The molecule has 1 N–H and O–H groups in total. The predicted molar refractivity (Wildman–Crippen MR) is 68.1 cm³/mol. The molecular weight excluding hydrogens is 196 g/mol. The average molecular weight is 220 g/mol. The predicted octanol–water partition coefficient (Wildman–Crippen LogP) is 3.55. The van der Waals surface area contributed by atoms with Crippen molar-refractivity contribution in [2.24, 2.45) is 23.2 Å². The Kier molecular flexibility index (Phi) is 3.00. The Bertz CT molecular complexity index is 324. The van der Waals surface area contributed by atoms with Crippen molar-refractivity contribution in [3.63, 3.8) is 0 Å². The van der Waals surface area contributed by atoms with Crippen LogP contribution in [0.2, 0.25) is 0 Å². The summed E-state index contributed by atoms with van der Waals surface area (Å²) in [4.78, 5) is 0. The first-order valence-electron chi connectivity index (χ1n) is 6.46. The van der Waals surface area contributed by atoms with E-state index in [9.17, 15) is 5.11 Å². The number of aliphatic hydroxyl groups excluding tert-OH is 1. The van der Waals surface area contributed by atoms with Crippen LogP contribution in [0.4, 0.5) is 0 Å². The summed E-state index contributed by atoms with van der Waals surface area (Å²) >= 11 is 0. The SMILES string of the molecule is CC1=CC[C@@H]([C@@H]2C=C[C@@H](O)[C@H](C)C2)C1(C)C. The highest BCUT2D eigenvalue weighted by Gasteiger charge is 2.40. The van der Waals surface area contributed by atoms with Crippen molar-refractivity contribution in [2.75, 3.05) is 0 Å². The zero-order valence-corrected chi connectivity index (χ0v) is 10.9. The normalized spacial score (nSPS) is 42.2. The zero-order chi connectivity index (χ0) is 11.9. The van der Waals surface area contributed by atoms with E-state index in [4.69, 9.17) is 0 Å². The summed E-state index contributed by atoms with van der Waals surface area (Å²) < 4.78 is 0. The lowest BCUT2D eigenvalue weighted by molar-refractivity contribution is 0.112. The Morgan fingerprint density at radius 3 is 2.50 bits per heavy atom. The molecule has 0 saturated heterocycles. The van der Waals surface area contributed by atoms with Crippen molar-refractivity contribution in [3.05, 3.63) is 23.8 Å². The summed E-state index contributed by atoms with van der Waals surface area (Å²) in [5, 5.41) is 9.72. The monoisotopic (exact) mass is 220 g/mol. The van der Waals surface area contributed by atoms with Crippen molar-refractivity contribution in [1.82, 2.24) is 0 Å². The van der Waals surface area contributed by atoms with Crippen LogP contribution in [0.1, 0.15) is 40.5 Å². The van der Waals surface area contributed by atoms with Crippen LogP contribution in [0.5, 0.6) is 0 Å². The number of rotatable bonds is 1. The quantitative estimate of drug-likeness (QED) is 0.670. The second-order valence-electron chi connectivity index (χ2n) is 6.20. The van der Waals surface area contributed by atoms with Crippen LogP contribution < -0.4 is 0 Å². The van der Waals surface area contributed by atoms with Gasteiger partial charge in [-0.25, -0.2) is 0 Å². The van der Waals surface area contributed by atoms with Crippen LogP contribution in [0.3, 0.4) is 0 Å². The third kappa shape index (κ3) is 1.86. The van der Waals surface area contributed by atoms with Crippen molar-refractivity contribution in [1.29, 1.82) is 0 Å². The molecular formula is C15H24O. The molecule has 16 heavy (non-hydrogen) atoms. The van der Waals surface area contributed by atoms with Crippen LogP contribution in [-0.4, -0.2) is 11.2 Å². The van der Waals surface area contributed by atoms with Crippen molar-refractivity contribution in [2.45, 2.75) is 46.6 Å². The van der Waals surface area contributed by atoms with Gasteiger partial charge >= 0.3 is 0 Å². The highest BCUT2D eigenvalue weighted by Crippen LogP contribution is 2.49. The zero-order valence-electron chi connectivity index (χ0n) is 10.9. The molecule has 0 amide bonds. The molecule has 2 aliphatic rings. The molecule has 0 saturated carbocycles. The molecule has 0 bridgehead atoms. The van der Waals surface area contributed by atoms with Gasteiger partial charge in [0.2, 0.25) is 0 Å². The second kappa shape index (κ2) is 4.03. The lowest BCUT2D eigenvalue weighted by Gasteiger charge is -2.38. The van der Waals surface area contributed by atoms with Gasteiger partial charge in [-0.3, -0.25) is 0 Å². The van der Waals surface area contributed by atoms with Crippen LogP contribution in [-0.2, 0) is 0 Å². The van der Waals surface area contributed by atoms with Gasteiger partial charge in [-0.1, -0.05) is 44.6 Å². The van der Waals surface area contributed by atoms with E-state index in [0.717, 1.165) is 12.3 Å². The summed E-state index contributed by atoms with van der Waals surface area (Å²) in [6.07, 6.45) is 8.76. The molecule has 0 aliphatic heterocycles. The lowest BCUT2D eigenvalue weighted by atomic mass is 9.67. The highest BCUT2D eigenvalue weighted by molar-refractivity contribution is 5.21.